The highest BCUT2D eigenvalue weighted by atomic mass is 19.1. The number of nitrogens with zero attached hydrogens (tertiary/aromatic N) is 1. The molecule has 0 bridgehead atoms. The van der Waals surface area contributed by atoms with Gasteiger partial charge in [0.15, 0.2) is 0 Å². The van der Waals surface area contributed by atoms with E-state index >= 15 is 0 Å². The fourth-order valence-corrected chi connectivity index (χ4v) is 2.54. The molecule has 2 amide bonds. The van der Waals surface area contributed by atoms with Gasteiger partial charge in [-0.1, -0.05) is 19.1 Å². The molecule has 0 saturated carbocycles. The Labute approximate surface area is 120 Å². The van der Waals surface area contributed by atoms with Gasteiger partial charge in [0.2, 0.25) is 0 Å². The molecule has 1 aliphatic rings. The Morgan fingerprint density at radius 2 is 1.95 bits per heavy atom. The molecule has 0 aliphatic carbocycles. The van der Waals surface area contributed by atoms with E-state index < -0.39 is 0 Å². The summed E-state index contributed by atoms with van der Waals surface area (Å²) in [5.74, 6) is 0.489. The van der Waals surface area contributed by atoms with Crippen molar-refractivity contribution in [3.8, 4) is 0 Å². The van der Waals surface area contributed by atoms with Gasteiger partial charge in [-0.3, -0.25) is 0 Å². The van der Waals surface area contributed by atoms with Crippen LogP contribution in [-0.2, 0) is 6.42 Å². The summed E-state index contributed by atoms with van der Waals surface area (Å²) in [6, 6.07) is 6.51. The number of hydrogen-bond donors (Lipinski definition) is 1. The third kappa shape index (κ3) is 4.22. The predicted octanol–water partition coefficient (Wildman–Crippen LogP) is 3.20. The zero-order valence-electron chi connectivity index (χ0n) is 12.2. The van der Waals surface area contributed by atoms with E-state index in [4.69, 9.17) is 0 Å². The molecule has 1 unspecified atom stereocenters. The Morgan fingerprint density at radius 1 is 1.35 bits per heavy atom. The number of amides is 2. The number of carbonyl (C=O) groups excluding carboxylic acids is 1. The van der Waals surface area contributed by atoms with Crippen molar-refractivity contribution in [3.63, 3.8) is 0 Å². The molecule has 1 heterocycles. The van der Waals surface area contributed by atoms with E-state index in [1.54, 1.807) is 12.1 Å². The minimum Gasteiger partial charge on any atom is -0.335 e. The number of benzene rings is 1. The zero-order chi connectivity index (χ0) is 14.5. The molecular weight excluding hydrogens is 255 g/mol. The maximum absolute atomic E-state index is 12.8. The van der Waals surface area contributed by atoms with Gasteiger partial charge in [-0.25, -0.2) is 9.18 Å². The zero-order valence-corrected chi connectivity index (χ0v) is 12.2. The number of halogens is 1. The van der Waals surface area contributed by atoms with Gasteiger partial charge in [0.05, 0.1) is 0 Å². The predicted molar refractivity (Wildman–Crippen MR) is 78.1 cm³/mol. The first-order chi connectivity index (χ1) is 9.54. The van der Waals surface area contributed by atoms with Crippen molar-refractivity contribution in [2.75, 3.05) is 13.1 Å². The van der Waals surface area contributed by atoms with Crippen molar-refractivity contribution in [1.29, 1.82) is 0 Å². The Bertz CT molecular complexity index is 438. The number of urea groups is 1. The van der Waals surface area contributed by atoms with Gasteiger partial charge in [0, 0.05) is 19.1 Å². The number of piperidine rings is 1. The smallest absolute Gasteiger partial charge is 0.317 e. The van der Waals surface area contributed by atoms with Gasteiger partial charge < -0.3 is 10.2 Å². The van der Waals surface area contributed by atoms with Crippen LogP contribution in [0.1, 0.15) is 32.3 Å². The maximum Gasteiger partial charge on any atom is 0.317 e. The second-order valence-corrected chi connectivity index (χ2v) is 5.85. The van der Waals surface area contributed by atoms with E-state index in [0.717, 1.165) is 43.8 Å². The van der Waals surface area contributed by atoms with Crippen molar-refractivity contribution >= 4 is 6.03 Å². The summed E-state index contributed by atoms with van der Waals surface area (Å²) >= 11 is 0. The summed E-state index contributed by atoms with van der Waals surface area (Å²) in [4.78, 5) is 14.0. The molecule has 2 rings (SSSR count). The number of rotatable bonds is 3. The first-order valence-corrected chi connectivity index (χ1v) is 7.34. The average molecular weight is 278 g/mol. The summed E-state index contributed by atoms with van der Waals surface area (Å²) < 4.78 is 12.8. The Kier molecular flexibility index (Phi) is 4.99. The molecule has 1 aliphatic heterocycles. The SMILES string of the molecule is CC1CCN(C(=O)NC(C)Cc2ccc(F)cc2)CC1. The first kappa shape index (κ1) is 14.8. The van der Waals surface area contributed by atoms with E-state index in [1.807, 2.05) is 11.8 Å². The minimum absolute atomic E-state index is 0.0199. The van der Waals surface area contributed by atoms with Gasteiger partial charge in [-0.2, -0.15) is 0 Å². The van der Waals surface area contributed by atoms with Crippen LogP contribution in [0.3, 0.4) is 0 Å². The number of carbonyl (C=O) groups is 1. The van der Waals surface area contributed by atoms with Gasteiger partial charge in [-0.05, 0) is 49.8 Å². The molecule has 0 radical (unpaired) electrons. The van der Waals surface area contributed by atoms with E-state index in [0.29, 0.717) is 0 Å². The fraction of sp³-hybridized carbons (Fsp3) is 0.562. The second-order valence-electron chi connectivity index (χ2n) is 5.85. The van der Waals surface area contributed by atoms with Crippen LogP contribution >= 0.6 is 0 Å². The van der Waals surface area contributed by atoms with Crippen molar-refractivity contribution in [2.24, 2.45) is 5.92 Å². The minimum atomic E-state index is -0.229. The number of likely N-dealkylation sites (tertiary alicyclic amines) is 1. The average Bonchev–Trinajstić information content (AvgIpc) is 2.42. The van der Waals surface area contributed by atoms with Gasteiger partial charge >= 0.3 is 6.03 Å². The van der Waals surface area contributed by atoms with E-state index in [9.17, 15) is 9.18 Å². The topological polar surface area (TPSA) is 32.3 Å². The summed E-state index contributed by atoms with van der Waals surface area (Å²) in [6.07, 6.45) is 2.88. The van der Waals surface area contributed by atoms with Gasteiger partial charge in [0.25, 0.3) is 0 Å². The number of hydrogen-bond acceptors (Lipinski definition) is 1. The lowest BCUT2D eigenvalue weighted by molar-refractivity contribution is 0.171. The van der Waals surface area contributed by atoms with E-state index in [-0.39, 0.29) is 17.9 Å². The maximum atomic E-state index is 12.8. The van der Waals surface area contributed by atoms with E-state index in [1.165, 1.54) is 12.1 Å². The third-order valence-corrected chi connectivity index (χ3v) is 3.90. The van der Waals surface area contributed by atoms with Gasteiger partial charge in [0.1, 0.15) is 5.82 Å². The Balaban J connectivity index is 1.80. The summed E-state index contributed by atoms with van der Waals surface area (Å²) in [6.45, 7) is 5.90. The Morgan fingerprint density at radius 3 is 2.55 bits per heavy atom. The lowest BCUT2D eigenvalue weighted by Gasteiger charge is -2.31. The van der Waals surface area contributed by atoms with Crippen LogP contribution in [0.25, 0.3) is 0 Å². The number of nitrogens with one attached hydrogen (secondary N) is 1. The molecular formula is C16H23FN2O. The van der Waals surface area contributed by atoms with Crippen LogP contribution in [0.2, 0.25) is 0 Å². The molecule has 0 aromatic heterocycles. The van der Waals surface area contributed by atoms with Crippen LogP contribution in [0.5, 0.6) is 0 Å². The van der Waals surface area contributed by atoms with Crippen LogP contribution in [-0.4, -0.2) is 30.1 Å². The van der Waals surface area contributed by atoms with Crippen LogP contribution in [0.4, 0.5) is 9.18 Å². The molecule has 1 atom stereocenters. The van der Waals surface area contributed by atoms with Crippen LogP contribution < -0.4 is 5.32 Å². The quantitative estimate of drug-likeness (QED) is 0.904. The summed E-state index contributed by atoms with van der Waals surface area (Å²) in [7, 11) is 0. The van der Waals surface area contributed by atoms with Crippen LogP contribution in [0.15, 0.2) is 24.3 Å². The highest BCUT2D eigenvalue weighted by Crippen LogP contribution is 2.16. The van der Waals surface area contributed by atoms with Crippen molar-refractivity contribution in [1.82, 2.24) is 10.2 Å². The Hall–Kier alpha value is -1.58. The fourth-order valence-electron chi connectivity index (χ4n) is 2.54. The largest absolute Gasteiger partial charge is 0.335 e. The molecule has 20 heavy (non-hydrogen) atoms. The molecule has 1 aromatic carbocycles. The standard InChI is InChI=1S/C16H23FN2O/c1-12-7-9-19(10-8-12)16(20)18-13(2)11-14-3-5-15(17)6-4-14/h3-6,12-13H,7-11H2,1-2H3,(H,18,20). The van der Waals surface area contributed by atoms with Crippen molar-refractivity contribution < 1.29 is 9.18 Å². The van der Waals surface area contributed by atoms with Crippen molar-refractivity contribution in [2.45, 2.75) is 39.2 Å². The second kappa shape index (κ2) is 6.73. The molecule has 3 nitrogen and oxygen atoms in total. The summed E-state index contributed by atoms with van der Waals surface area (Å²) in [5, 5.41) is 3.02. The third-order valence-electron chi connectivity index (χ3n) is 3.90. The normalized spacial score (nSPS) is 17.9. The molecule has 0 spiro atoms. The van der Waals surface area contributed by atoms with Crippen molar-refractivity contribution in [3.05, 3.63) is 35.6 Å². The monoisotopic (exact) mass is 278 g/mol. The molecule has 4 heteroatoms. The lowest BCUT2D eigenvalue weighted by atomic mass is 9.99. The molecule has 1 aromatic rings. The molecule has 1 saturated heterocycles. The lowest BCUT2D eigenvalue weighted by Crippen LogP contribution is -2.47. The molecule has 1 N–H and O–H groups in total. The molecule has 1 fully saturated rings. The van der Waals surface area contributed by atoms with Gasteiger partial charge in [-0.15, -0.1) is 0 Å². The summed E-state index contributed by atoms with van der Waals surface area (Å²) in [5.41, 5.74) is 1.03. The van der Waals surface area contributed by atoms with E-state index in [2.05, 4.69) is 12.2 Å². The van der Waals surface area contributed by atoms with Crippen LogP contribution in [0, 0.1) is 11.7 Å². The molecule has 110 valence electrons. The first-order valence-electron chi connectivity index (χ1n) is 7.34. The highest BCUT2D eigenvalue weighted by Gasteiger charge is 2.21. The highest BCUT2D eigenvalue weighted by molar-refractivity contribution is 5.74.